The third-order valence-corrected chi connectivity index (χ3v) is 3.81. The first-order chi connectivity index (χ1) is 6.70. The lowest BCUT2D eigenvalue weighted by Crippen LogP contribution is -2.43. The molecule has 1 saturated carbocycles. The monoisotopic (exact) mass is 195 g/mol. The van der Waals surface area contributed by atoms with E-state index in [9.17, 15) is 4.79 Å². The van der Waals surface area contributed by atoms with Gasteiger partial charge in [0.1, 0.15) is 0 Å². The van der Waals surface area contributed by atoms with Gasteiger partial charge in [-0.15, -0.1) is 0 Å². The number of likely N-dealkylation sites (tertiary alicyclic amines) is 1. The Kier molecular flexibility index (Phi) is 2.80. The lowest BCUT2D eigenvalue weighted by atomic mass is 9.84. The van der Waals surface area contributed by atoms with Crippen LogP contribution in [0.15, 0.2) is 0 Å². The lowest BCUT2D eigenvalue weighted by Gasteiger charge is -2.34. The molecule has 0 N–H and O–H groups in total. The fourth-order valence-electron chi connectivity index (χ4n) is 2.65. The minimum absolute atomic E-state index is 0.384. The van der Waals surface area contributed by atoms with Crippen LogP contribution in [0.3, 0.4) is 0 Å². The van der Waals surface area contributed by atoms with E-state index in [0.29, 0.717) is 23.8 Å². The third-order valence-electron chi connectivity index (χ3n) is 3.81. The Hall–Kier alpha value is -0.530. The normalized spacial score (nSPS) is 28.2. The van der Waals surface area contributed by atoms with Gasteiger partial charge in [0.15, 0.2) is 0 Å². The van der Waals surface area contributed by atoms with Crippen LogP contribution in [0.1, 0.15) is 46.0 Å². The van der Waals surface area contributed by atoms with Gasteiger partial charge in [-0.25, -0.2) is 0 Å². The molecule has 0 bridgehead atoms. The first-order valence-electron chi connectivity index (χ1n) is 6.00. The molecular weight excluding hydrogens is 174 g/mol. The fraction of sp³-hybridized carbons (Fsp3) is 0.917. The van der Waals surface area contributed by atoms with E-state index in [1.807, 2.05) is 0 Å². The van der Waals surface area contributed by atoms with Crippen molar-refractivity contribution in [1.29, 1.82) is 0 Å². The van der Waals surface area contributed by atoms with Gasteiger partial charge in [-0.1, -0.05) is 20.3 Å². The molecule has 2 aliphatic rings. The summed E-state index contributed by atoms with van der Waals surface area (Å²) in [5.41, 5.74) is 0. The molecule has 0 spiro atoms. The van der Waals surface area contributed by atoms with Gasteiger partial charge in [0.2, 0.25) is 5.91 Å². The quantitative estimate of drug-likeness (QED) is 0.662. The average Bonchev–Trinajstić information content (AvgIpc) is 2.47. The summed E-state index contributed by atoms with van der Waals surface area (Å²) in [6, 6.07) is 0.531. The van der Waals surface area contributed by atoms with Crippen molar-refractivity contribution in [2.24, 2.45) is 11.8 Å². The van der Waals surface area contributed by atoms with Crippen LogP contribution in [0.4, 0.5) is 0 Å². The van der Waals surface area contributed by atoms with Crippen LogP contribution in [0.2, 0.25) is 0 Å². The van der Waals surface area contributed by atoms with Crippen molar-refractivity contribution >= 4 is 5.91 Å². The van der Waals surface area contributed by atoms with Crippen molar-refractivity contribution in [2.45, 2.75) is 52.0 Å². The highest BCUT2D eigenvalue weighted by atomic mass is 16.2. The number of nitrogens with zero attached hydrogens (tertiary/aromatic N) is 1. The van der Waals surface area contributed by atoms with Gasteiger partial charge in [0, 0.05) is 18.5 Å². The maximum Gasteiger partial charge on any atom is 0.225 e. The Balaban J connectivity index is 1.97. The molecule has 1 aliphatic heterocycles. The van der Waals surface area contributed by atoms with Crippen LogP contribution >= 0.6 is 0 Å². The first kappa shape index (κ1) is 10.0. The topological polar surface area (TPSA) is 20.3 Å². The van der Waals surface area contributed by atoms with Gasteiger partial charge in [0.05, 0.1) is 0 Å². The molecule has 1 atom stereocenters. The number of carbonyl (C=O) groups excluding carboxylic acids is 1. The second-order valence-electron chi connectivity index (χ2n) is 5.11. The summed E-state index contributed by atoms with van der Waals surface area (Å²) in [5.74, 6) is 1.46. The van der Waals surface area contributed by atoms with Crippen molar-refractivity contribution in [3.05, 3.63) is 0 Å². The van der Waals surface area contributed by atoms with Crippen LogP contribution in [0.25, 0.3) is 0 Å². The molecule has 2 nitrogen and oxygen atoms in total. The van der Waals surface area contributed by atoms with Crippen LogP contribution in [0.5, 0.6) is 0 Å². The van der Waals surface area contributed by atoms with Gasteiger partial charge in [-0.05, 0) is 31.6 Å². The van der Waals surface area contributed by atoms with Crippen LogP contribution < -0.4 is 0 Å². The van der Waals surface area contributed by atoms with Crippen molar-refractivity contribution in [3.8, 4) is 0 Å². The van der Waals surface area contributed by atoms with E-state index >= 15 is 0 Å². The number of hydrogen-bond acceptors (Lipinski definition) is 1. The largest absolute Gasteiger partial charge is 0.339 e. The minimum atomic E-state index is 0.384. The Bertz CT molecular complexity index is 220. The van der Waals surface area contributed by atoms with Gasteiger partial charge in [-0.2, -0.15) is 0 Å². The molecule has 1 saturated heterocycles. The highest BCUT2D eigenvalue weighted by molar-refractivity contribution is 5.80. The zero-order chi connectivity index (χ0) is 10.1. The summed E-state index contributed by atoms with van der Waals surface area (Å²) < 4.78 is 0. The van der Waals surface area contributed by atoms with Gasteiger partial charge >= 0.3 is 0 Å². The number of rotatable bonds is 2. The molecule has 2 rings (SSSR count). The molecule has 80 valence electrons. The highest BCUT2D eigenvalue weighted by Gasteiger charge is 2.36. The summed E-state index contributed by atoms with van der Waals surface area (Å²) in [7, 11) is 0. The molecule has 0 aromatic heterocycles. The first-order valence-corrected chi connectivity index (χ1v) is 6.00. The van der Waals surface area contributed by atoms with E-state index in [1.54, 1.807) is 0 Å². The summed E-state index contributed by atoms with van der Waals surface area (Å²) in [6.45, 7) is 5.48. The predicted octanol–water partition coefficient (Wildman–Crippen LogP) is 2.43. The second kappa shape index (κ2) is 3.92. The Labute approximate surface area is 86.7 Å². The van der Waals surface area contributed by atoms with Crippen LogP contribution in [0, 0.1) is 11.8 Å². The van der Waals surface area contributed by atoms with Crippen molar-refractivity contribution in [3.63, 3.8) is 0 Å². The molecular formula is C12H21NO. The van der Waals surface area contributed by atoms with Crippen molar-refractivity contribution in [1.82, 2.24) is 4.90 Å². The lowest BCUT2D eigenvalue weighted by molar-refractivity contribution is -0.139. The number of hydrogen-bond donors (Lipinski definition) is 0. The van der Waals surface area contributed by atoms with Gasteiger partial charge in [-0.3, -0.25) is 4.79 Å². The van der Waals surface area contributed by atoms with E-state index < -0.39 is 0 Å². The van der Waals surface area contributed by atoms with E-state index in [2.05, 4.69) is 18.7 Å². The summed E-state index contributed by atoms with van der Waals surface area (Å²) >= 11 is 0. The van der Waals surface area contributed by atoms with E-state index in [-0.39, 0.29) is 0 Å². The smallest absolute Gasteiger partial charge is 0.225 e. The molecule has 0 aromatic rings. The van der Waals surface area contributed by atoms with Crippen molar-refractivity contribution < 1.29 is 4.79 Å². The van der Waals surface area contributed by atoms with E-state index in [0.717, 1.165) is 19.4 Å². The Morgan fingerprint density at radius 2 is 1.93 bits per heavy atom. The maximum absolute atomic E-state index is 12.1. The molecule has 1 heterocycles. The second-order valence-corrected chi connectivity index (χ2v) is 5.11. The molecule has 14 heavy (non-hydrogen) atoms. The summed E-state index contributed by atoms with van der Waals surface area (Å²) in [4.78, 5) is 14.2. The molecule has 2 fully saturated rings. The molecule has 0 aromatic carbocycles. The maximum atomic E-state index is 12.1. The van der Waals surface area contributed by atoms with E-state index in [1.165, 1.54) is 19.3 Å². The molecule has 1 amide bonds. The summed E-state index contributed by atoms with van der Waals surface area (Å²) in [6.07, 6.45) is 5.97. The minimum Gasteiger partial charge on any atom is -0.339 e. The molecule has 0 radical (unpaired) electrons. The highest BCUT2D eigenvalue weighted by Crippen LogP contribution is 2.32. The molecule has 1 unspecified atom stereocenters. The number of amides is 1. The number of carbonyl (C=O) groups is 1. The third kappa shape index (κ3) is 1.67. The zero-order valence-electron chi connectivity index (χ0n) is 9.33. The average molecular weight is 195 g/mol. The zero-order valence-corrected chi connectivity index (χ0v) is 9.33. The van der Waals surface area contributed by atoms with Crippen molar-refractivity contribution in [2.75, 3.05) is 6.54 Å². The van der Waals surface area contributed by atoms with Crippen LogP contribution in [-0.2, 0) is 4.79 Å². The van der Waals surface area contributed by atoms with Gasteiger partial charge < -0.3 is 4.90 Å². The predicted molar refractivity (Wildman–Crippen MR) is 56.9 cm³/mol. The van der Waals surface area contributed by atoms with Crippen LogP contribution in [-0.4, -0.2) is 23.4 Å². The fourth-order valence-corrected chi connectivity index (χ4v) is 2.65. The Morgan fingerprint density at radius 1 is 1.21 bits per heavy atom. The summed E-state index contributed by atoms with van der Waals surface area (Å²) in [5, 5.41) is 0. The molecule has 1 aliphatic carbocycles. The van der Waals surface area contributed by atoms with Gasteiger partial charge in [0.25, 0.3) is 0 Å². The molecule has 2 heteroatoms. The Morgan fingerprint density at radius 3 is 2.43 bits per heavy atom. The van der Waals surface area contributed by atoms with E-state index in [4.69, 9.17) is 0 Å². The standard InChI is InChI=1S/C12H21NO/c1-9(2)11-7-4-8-13(11)12(14)10-5-3-6-10/h9-11H,3-8H2,1-2H3. The SMILES string of the molecule is CC(C)C1CCCN1C(=O)C1CCC1.